The molecule has 0 spiro atoms. The average molecular weight is 410 g/mol. The van der Waals surface area contributed by atoms with Crippen molar-refractivity contribution in [3.63, 3.8) is 0 Å². The molecule has 7 heteroatoms. The van der Waals surface area contributed by atoms with E-state index in [1.54, 1.807) is 32.2 Å². The summed E-state index contributed by atoms with van der Waals surface area (Å²) in [5.74, 6) is -0.123. The van der Waals surface area contributed by atoms with Gasteiger partial charge in [-0.05, 0) is 55.7 Å². The number of rotatable bonds is 5. The van der Waals surface area contributed by atoms with Crippen molar-refractivity contribution in [3.8, 4) is 5.75 Å². The van der Waals surface area contributed by atoms with Crippen molar-refractivity contribution in [1.82, 2.24) is 5.32 Å². The average Bonchev–Trinajstić information content (AvgIpc) is 3.26. The fraction of sp³-hybridized carbons (Fsp3) is 0.304. The number of methoxy groups -OCH3 is 1. The number of nitrogens with one attached hydrogen (secondary N) is 1. The molecule has 30 heavy (non-hydrogen) atoms. The first-order chi connectivity index (χ1) is 14.5. The van der Waals surface area contributed by atoms with Gasteiger partial charge >= 0.3 is 0 Å². The quantitative estimate of drug-likeness (QED) is 0.689. The van der Waals surface area contributed by atoms with E-state index in [-0.39, 0.29) is 28.9 Å². The Kier molecular flexibility index (Phi) is 5.81. The monoisotopic (exact) mass is 410 g/mol. The SMILES string of the molecule is COc1cccc2cc(C(=O)NC[C@@H]3CCCO3)c(=Nc3ccc(F)cc3C)oc12. The molecule has 1 N–H and O–H groups in total. The second-order valence-corrected chi connectivity index (χ2v) is 7.23. The van der Waals surface area contributed by atoms with Crippen molar-refractivity contribution in [2.75, 3.05) is 20.3 Å². The fourth-order valence-corrected chi connectivity index (χ4v) is 3.49. The van der Waals surface area contributed by atoms with Crippen LogP contribution in [-0.4, -0.2) is 32.3 Å². The number of nitrogens with zero attached hydrogens (tertiary/aromatic N) is 1. The number of hydrogen-bond acceptors (Lipinski definition) is 5. The van der Waals surface area contributed by atoms with Gasteiger partial charge in [0.05, 0.1) is 18.9 Å². The van der Waals surface area contributed by atoms with Crippen LogP contribution in [0, 0.1) is 12.7 Å². The number of amides is 1. The molecule has 1 atom stereocenters. The number of ether oxygens (including phenoxy) is 2. The maximum Gasteiger partial charge on any atom is 0.256 e. The van der Waals surface area contributed by atoms with Crippen molar-refractivity contribution in [2.45, 2.75) is 25.9 Å². The van der Waals surface area contributed by atoms with E-state index in [2.05, 4.69) is 10.3 Å². The second kappa shape index (κ2) is 8.67. The standard InChI is InChI=1S/C23H23FN2O4/c1-14-11-16(24)8-9-19(14)26-23-18(22(27)25-13-17-6-4-10-29-17)12-15-5-3-7-20(28-2)21(15)30-23/h3,5,7-9,11-12,17H,4,6,10,13H2,1-2H3,(H,25,27)/t17-/m0/s1. The van der Waals surface area contributed by atoms with Gasteiger partial charge in [0, 0.05) is 18.5 Å². The third kappa shape index (κ3) is 4.21. The van der Waals surface area contributed by atoms with Gasteiger partial charge in [-0.3, -0.25) is 4.79 Å². The minimum absolute atomic E-state index is 0.0196. The van der Waals surface area contributed by atoms with Gasteiger partial charge in [0.2, 0.25) is 5.55 Å². The van der Waals surface area contributed by atoms with Crippen LogP contribution in [0.3, 0.4) is 0 Å². The lowest BCUT2D eigenvalue weighted by Crippen LogP contribution is -2.34. The molecule has 0 unspecified atom stereocenters. The number of aryl methyl sites for hydroxylation is 1. The lowest BCUT2D eigenvalue weighted by Gasteiger charge is -2.12. The van der Waals surface area contributed by atoms with E-state index in [1.165, 1.54) is 12.1 Å². The van der Waals surface area contributed by atoms with Crippen LogP contribution in [0.25, 0.3) is 11.0 Å². The zero-order valence-corrected chi connectivity index (χ0v) is 16.9. The predicted molar refractivity (Wildman–Crippen MR) is 110 cm³/mol. The summed E-state index contributed by atoms with van der Waals surface area (Å²) in [6.45, 7) is 2.89. The Bertz CT molecular complexity index is 1150. The van der Waals surface area contributed by atoms with E-state index in [4.69, 9.17) is 13.9 Å². The van der Waals surface area contributed by atoms with E-state index in [0.29, 0.717) is 34.5 Å². The minimum Gasteiger partial charge on any atom is -0.493 e. The number of carbonyl (C=O) groups is 1. The Balaban J connectivity index is 1.81. The van der Waals surface area contributed by atoms with Crippen LogP contribution >= 0.6 is 0 Å². The number of halogens is 1. The summed E-state index contributed by atoms with van der Waals surface area (Å²) in [6, 6.07) is 11.4. The van der Waals surface area contributed by atoms with Gasteiger partial charge in [0.1, 0.15) is 11.4 Å². The summed E-state index contributed by atoms with van der Waals surface area (Å²) in [6.07, 6.45) is 1.94. The molecule has 156 valence electrons. The van der Waals surface area contributed by atoms with E-state index in [0.717, 1.165) is 19.4 Å². The van der Waals surface area contributed by atoms with E-state index >= 15 is 0 Å². The molecule has 0 saturated carbocycles. The van der Waals surface area contributed by atoms with Crippen LogP contribution < -0.4 is 15.6 Å². The summed E-state index contributed by atoms with van der Waals surface area (Å²) in [4.78, 5) is 17.5. The third-order valence-electron chi connectivity index (χ3n) is 5.10. The molecule has 2 aromatic carbocycles. The molecule has 1 aromatic heterocycles. The Morgan fingerprint density at radius 2 is 2.17 bits per heavy atom. The first-order valence-electron chi connectivity index (χ1n) is 9.86. The van der Waals surface area contributed by atoms with E-state index in [1.807, 2.05) is 12.1 Å². The van der Waals surface area contributed by atoms with Crippen LogP contribution in [0.5, 0.6) is 5.75 Å². The maximum atomic E-state index is 13.5. The van der Waals surface area contributed by atoms with Crippen LogP contribution in [-0.2, 0) is 4.74 Å². The van der Waals surface area contributed by atoms with Gasteiger partial charge in [0.15, 0.2) is 11.3 Å². The highest BCUT2D eigenvalue weighted by Crippen LogP contribution is 2.25. The molecular weight excluding hydrogens is 387 g/mol. The van der Waals surface area contributed by atoms with Crippen LogP contribution in [0.4, 0.5) is 10.1 Å². The maximum absolute atomic E-state index is 13.5. The molecular formula is C23H23FN2O4. The van der Waals surface area contributed by atoms with Gasteiger partial charge in [-0.15, -0.1) is 0 Å². The number of fused-ring (bicyclic) bond motifs is 1. The van der Waals surface area contributed by atoms with Gasteiger partial charge in [-0.25, -0.2) is 9.38 Å². The highest BCUT2D eigenvalue weighted by molar-refractivity contribution is 5.97. The molecule has 1 fully saturated rings. The summed E-state index contributed by atoms with van der Waals surface area (Å²) >= 11 is 0. The smallest absolute Gasteiger partial charge is 0.256 e. The Morgan fingerprint density at radius 3 is 2.90 bits per heavy atom. The van der Waals surface area contributed by atoms with Gasteiger partial charge < -0.3 is 19.2 Å². The number of carbonyl (C=O) groups excluding carboxylic acids is 1. The lowest BCUT2D eigenvalue weighted by atomic mass is 10.1. The molecule has 3 aromatic rings. The van der Waals surface area contributed by atoms with Crippen LogP contribution in [0.15, 0.2) is 51.9 Å². The number of hydrogen-bond donors (Lipinski definition) is 1. The molecule has 2 heterocycles. The first-order valence-corrected chi connectivity index (χ1v) is 9.86. The molecule has 0 bridgehead atoms. The molecule has 6 nitrogen and oxygen atoms in total. The summed E-state index contributed by atoms with van der Waals surface area (Å²) < 4.78 is 30.5. The Morgan fingerprint density at radius 1 is 1.30 bits per heavy atom. The van der Waals surface area contributed by atoms with Gasteiger partial charge in [0.25, 0.3) is 5.91 Å². The van der Waals surface area contributed by atoms with E-state index < -0.39 is 0 Å². The molecule has 1 aliphatic heterocycles. The van der Waals surface area contributed by atoms with Crippen molar-refractivity contribution >= 4 is 22.6 Å². The largest absolute Gasteiger partial charge is 0.493 e. The molecule has 1 aliphatic rings. The van der Waals surface area contributed by atoms with Crippen molar-refractivity contribution in [2.24, 2.45) is 4.99 Å². The summed E-state index contributed by atoms with van der Waals surface area (Å²) in [5.41, 5.74) is 2.05. The van der Waals surface area contributed by atoms with Crippen LogP contribution in [0.1, 0.15) is 28.8 Å². The Labute approximate surface area is 173 Å². The molecule has 0 aliphatic carbocycles. The predicted octanol–water partition coefficient (Wildman–Crippen LogP) is 4.03. The zero-order chi connectivity index (χ0) is 21.1. The Hall–Kier alpha value is -3.19. The summed E-state index contributed by atoms with van der Waals surface area (Å²) in [7, 11) is 1.55. The normalized spacial score (nSPS) is 16.8. The molecule has 0 radical (unpaired) electrons. The highest BCUT2D eigenvalue weighted by atomic mass is 19.1. The zero-order valence-electron chi connectivity index (χ0n) is 16.9. The molecule has 4 rings (SSSR count). The van der Waals surface area contributed by atoms with Gasteiger partial charge in [-0.1, -0.05) is 12.1 Å². The third-order valence-corrected chi connectivity index (χ3v) is 5.10. The van der Waals surface area contributed by atoms with E-state index in [9.17, 15) is 9.18 Å². The van der Waals surface area contributed by atoms with Crippen molar-refractivity contribution < 1.29 is 23.1 Å². The number of benzene rings is 2. The molecule has 1 amide bonds. The highest BCUT2D eigenvalue weighted by Gasteiger charge is 2.19. The topological polar surface area (TPSA) is 73.1 Å². The number of para-hydroxylation sites is 1. The van der Waals surface area contributed by atoms with Crippen molar-refractivity contribution in [3.05, 3.63) is 65.0 Å². The molecule has 1 saturated heterocycles. The summed E-state index contributed by atoms with van der Waals surface area (Å²) in [5, 5.41) is 3.62. The first kappa shape index (κ1) is 20.1. The minimum atomic E-state index is -0.349. The fourth-order valence-electron chi connectivity index (χ4n) is 3.49. The lowest BCUT2D eigenvalue weighted by molar-refractivity contribution is 0.0854. The second-order valence-electron chi connectivity index (χ2n) is 7.23. The van der Waals surface area contributed by atoms with Crippen molar-refractivity contribution in [1.29, 1.82) is 0 Å². The van der Waals surface area contributed by atoms with Gasteiger partial charge in [-0.2, -0.15) is 0 Å². The van der Waals surface area contributed by atoms with Crippen LogP contribution in [0.2, 0.25) is 0 Å².